The summed E-state index contributed by atoms with van der Waals surface area (Å²) in [6.07, 6.45) is 0.974. The Balaban J connectivity index is 2.74. The zero-order chi connectivity index (χ0) is 12.1. The van der Waals surface area contributed by atoms with E-state index < -0.39 is 0 Å². The van der Waals surface area contributed by atoms with E-state index in [0.717, 1.165) is 27.5 Å². The summed E-state index contributed by atoms with van der Waals surface area (Å²) in [5.74, 6) is 0.404. The molecule has 0 aliphatic heterocycles. The van der Waals surface area contributed by atoms with Gasteiger partial charge in [0.15, 0.2) is 0 Å². The van der Waals surface area contributed by atoms with Gasteiger partial charge in [-0.3, -0.25) is 0 Å². The van der Waals surface area contributed by atoms with Crippen molar-refractivity contribution in [3.8, 4) is 0 Å². The monoisotopic (exact) mass is 349 g/mol. The van der Waals surface area contributed by atoms with Crippen LogP contribution in [0.2, 0.25) is 0 Å². The molecular formula is C12H17Br2NO. The Labute approximate surface area is 114 Å². The molecule has 0 amide bonds. The fourth-order valence-electron chi connectivity index (χ4n) is 1.58. The number of halogens is 2. The third kappa shape index (κ3) is 4.17. The topological polar surface area (TPSA) is 35.2 Å². The Morgan fingerprint density at radius 3 is 2.31 bits per heavy atom. The molecule has 16 heavy (non-hydrogen) atoms. The van der Waals surface area contributed by atoms with Crippen LogP contribution in [0, 0.1) is 5.92 Å². The summed E-state index contributed by atoms with van der Waals surface area (Å²) in [5.41, 5.74) is 7.36. The van der Waals surface area contributed by atoms with Gasteiger partial charge in [-0.25, -0.2) is 0 Å². The third-order valence-electron chi connectivity index (χ3n) is 2.66. The lowest BCUT2D eigenvalue weighted by molar-refractivity contribution is 0.174. The second-order valence-electron chi connectivity index (χ2n) is 3.99. The van der Waals surface area contributed by atoms with Gasteiger partial charge in [0.2, 0.25) is 0 Å². The molecule has 0 fully saturated rings. The summed E-state index contributed by atoms with van der Waals surface area (Å²) in [6, 6.07) is 6.19. The fraction of sp³-hybridized carbons (Fsp3) is 0.500. The molecule has 4 heteroatoms. The van der Waals surface area contributed by atoms with E-state index in [9.17, 15) is 0 Å². The number of methoxy groups -OCH3 is 1. The van der Waals surface area contributed by atoms with Gasteiger partial charge in [0.05, 0.1) is 0 Å². The van der Waals surface area contributed by atoms with Crippen LogP contribution in [0.15, 0.2) is 27.1 Å². The van der Waals surface area contributed by atoms with Crippen LogP contribution in [-0.4, -0.2) is 13.7 Å². The van der Waals surface area contributed by atoms with E-state index in [1.54, 1.807) is 7.11 Å². The first kappa shape index (κ1) is 14.2. The van der Waals surface area contributed by atoms with E-state index in [2.05, 4.69) is 50.9 Å². The van der Waals surface area contributed by atoms with Crippen molar-refractivity contribution in [2.45, 2.75) is 19.4 Å². The van der Waals surface area contributed by atoms with E-state index >= 15 is 0 Å². The van der Waals surface area contributed by atoms with Crippen LogP contribution in [0.4, 0.5) is 0 Å². The van der Waals surface area contributed by atoms with Crippen molar-refractivity contribution in [2.24, 2.45) is 11.7 Å². The van der Waals surface area contributed by atoms with Crippen LogP contribution >= 0.6 is 31.9 Å². The van der Waals surface area contributed by atoms with Gasteiger partial charge in [-0.05, 0) is 36.1 Å². The van der Waals surface area contributed by atoms with Crippen molar-refractivity contribution in [3.63, 3.8) is 0 Å². The summed E-state index contributed by atoms with van der Waals surface area (Å²) < 4.78 is 7.17. The van der Waals surface area contributed by atoms with Crippen molar-refractivity contribution >= 4 is 31.9 Å². The number of nitrogens with two attached hydrogens (primary N) is 1. The molecule has 1 aromatic rings. The number of rotatable bonds is 5. The molecule has 0 spiro atoms. The number of hydrogen-bond acceptors (Lipinski definition) is 2. The number of ether oxygens (including phenoxy) is 1. The maximum atomic E-state index is 6.22. The van der Waals surface area contributed by atoms with E-state index in [4.69, 9.17) is 10.5 Å². The highest BCUT2D eigenvalue weighted by Crippen LogP contribution is 2.27. The highest BCUT2D eigenvalue weighted by Gasteiger charge is 2.15. The van der Waals surface area contributed by atoms with E-state index in [-0.39, 0.29) is 6.04 Å². The molecule has 0 aliphatic rings. The molecule has 2 unspecified atom stereocenters. The predicted molar refractivity (Wildman–Crippen MR) is 74.4 cm³/mol. The summed E-state index contributed by atoms with van der Waals surface area (Å²) in [7, 11) is 1.72. The Morgan fingerprint density at radius 2 is 1.81 bits per heavy atom. The standard InChI is InChI=1S/C12H17Br2NO/c1-8(3-4-16-2)12(15)9-5-10(13)7-11(14)6-9/h5-8,12H,3-4,15H2,1-2H3. The molecule has 0 aliphatic carbocycles. The molecular weight excluding hydrogens is 334 g/mol. The van der Waals surface area contributed by atoms with Crippen LogP contribution < -0.4 is 5.73 Å². The van der Waals surface area contributed by atoms with Crippen LogP contribution in [0.3, 0.4) is 0 Å². The van der Waals surface area contributed by atoms with Crippen molar-refractivity contribution in [3.05, 3.63) is 32.7 Å². The highest BCUT2D eigenvalue weighted by molar-refractivity contribution is 9.11. The molecule has 1 aromatic carbocycles. The maximum Gasteiger partial charge on any atom is 0.0465 e. The molecule has 0 aromatic heterocycles. The quantitative estimate of drug-likeness (QED) is 0.874. The van der Waals surface area contributed by atoms with Crippen molar-refractivity contribution in [1.29, 1.82) is 0 Å². The van der Waals surface area contributed by atoms with Crippen molar-refractivity contribution in [1.82, 2.24) is 0 Å². The molecule has 0 heterocycles. The minimum atomic E-state index is 0.0453. The van der Waals surface area contributed by atoms with Crippen molar-refractivity contribution in [2.75, 3.05) is 13.7 Å². The van der Waals surface area contributed by atoms with Gasteiger partial charge in [0, 0.05) is 28.7 Å². The van der Waals surface area contributed by atoms with Gasteiger partial charge >= 0.3 is 0 Å². The van der Waals surface area contributed by atoms with Crippen LogP contribution in [0.25, 0.3) is 0 Å². The second-order valence-corrected chi connectivity index (χ2v) is 5.82. The van der Waals surface area contributed by atoms with Gasteiger partial charge in [-0.2, -0.15) is 0 Å². The molecule has 1 rings (SSSR count). The van der Waals surface area contributed by atoms with Crippen molar-refractivity contribution < 1.29 is 4.74 Å². The number of hydrogen-bond donors (Lipinski definition) is 1. The lowest BCUT2D eigenvalue weighted by atomic mass is 9.93. The Hall–Kier alpha value is 0.1000. The first-order valence-corrected chi connectivity index (χ1v) is 6.83. The van der Waals surface area contributed by atoms with Crippen LogP contribution in [0.5, 0.6) is 0 Å². The fourth-order valence-corrected chi connectivity index (χ4v) is 2.91. The first-order chi connectivity index (χ1) is 7.54. The van der Waals surface area contributed by atoms with Gasteiger partial charge in [0.25, 0.3) is 0 Å². The Kier molecular flexibility index (Phi) is 5.97. The van der Waals surface area contributed by atoms with Crippen LogP contribution in [-0.2, 0) is 4.74 Å². The highest BCUT2D eigenvalue weighted by atomic mass is 79.9. The summed E-state index contributed by atoms with van der Waals surface area (Å²) in [6.45, 7) is 2.91. The summed E-state index contributed by atoms with van der Waals surface area (Å²) in [4.78, 5) is 0. The molecule has 0 radical (unpaired) electrons. The lowest BCUT2D eigenvalue weighted by Gasteiger charge is -2.20. The molecule has 90 valence electrons. The second kappa shape index (κ2) is 6.74. The summed E-state index contributed by atoms with van der Waals surface area (Å²) >= 11 is 6.95. The lowest BCUT2D eigenvalue weighted by Crippen LogP contribution is -2.20. The van der Waals surface area contributed by atoms with E-state index in [1.165, 1.54) is 0 Å². The Bertz CT molecular complexity index is 324. The Morgan fingerprint density at radius 1 is 1.25 bits per heavy atom. The smallest absolute Gasteiger partial charge is 0.0465 e. The van der Waals surface area contributed by atoms with E-state index in [0.29, 0.717) is 5.92 Å². The summed E-state index contributed by atoms with van der Waals surface area (Å²) in [5, 5.41) is 0. The van der Waals surface area contributed by atoms with Gasteiger partial charge in [0.1, 0.15) is 0 Å². The zero-order valence-corrected chi connectivity index (χ0v) is 12.7. The molecule has 0 saturated carbocycles. The minimum absolute atomic E-state index is 0.0453. The average Bonchev–Trinajstić information content (AvgIpc) is 2.23. The number of benzene rings is 1. The molecule has 2 atom stereocenters. The average molecular weight is 351 g/mol. The van der Waals surface area contributed by atoms with Gasteiger partial charge in [-0.1, -0.05) is 38.8 Å². The zero-order valence-electron chi connectivity index (χ0n) is 9.54. The molecule has 2 N–H and O–H groups in total. The van der Waals surface area contributed by atoms with E-state index in [1.807, 2.05) is 6.07 Å². The van der Waals surface area contributed by atoms with Gasteiger partial charge in [-0.15, -0.1) is 0 Å². The maximum absolute atomic E-state index is 6.22. The predicted octanol–water partition coefficient (Wildman–Crippen LogP) is 3.88. The van der Waals surface area contributed by atoms with Gasteiger partial charge < -0.3 is 10.5 Å². The largest absolute Gasteiger partial charge is 0.385 e. The minimum Gasteiger partial charge on any atom is -0.385 e. The van der Waals surface area contributed by atoms with Crippen LogP contribution in [0.1, 0.15) is 24.9 Å². The third-order valence-corrected chi connectivity index (χ3v) is 3.58. The molecule has 2 nitrogen and oxygen atoms in total. The molecule has 0 bridgehead atoms. The molecule has 0 saturated heterocycles. The normalized spacial score (nSPS) is 14.8. The SMILES string of the molecule is COCCC(C)C(N)c1cc(Br)cc(Br)c1. The first-order valence-electron chi connectivity index (χ1n) is 5.25.